The van der Waals surface area contributed by atoms with Crippen LogP contribution in [0.25, 0.3) is 22.2 Å². The van der Waals surface area contributed by atoms with Crippen molar-refractivity contribution in [3.8, 4) is 34.3 Å². The Balaban J connectivity index is 1.19. The molecule has 0 radical (unpaired) electrons. The number of carbonyl (C=O) groups is 2. The lowest BCUT2D eigenvalue weighted by Crippen LogP contribution is -2.45. The summed E-state index contributed by atoms with van der Waals surface area (Å²) in [5, 5.41) is 20.3. The molecule has 2 aromatic carbocycles. The van der Waals surface area contributed by atoms with Gasteiger partial charge >= 0.3 is 6.29 Å². The van der Waals surface area contributed by atoms with Crippen molar-refractivity contribution in [3.05, 3.63) is 59.2 Å². The molecule has 0 bridgehead atoms. The number of pyridine rings is 1. The number of halogens is 3. The van der Waals surface area contributed by atoms with Gasteiger partial charge in [-0.25, -0.2) is 9.37 Å². The van der Waals surface area contributed by atoms with Gasteiger partial charge in [0, 0.05) is 22.7 Å². The van der Waals surface area contributed by atoms with Crippen LogP contribution in [-0.2, 0) is 15.8 Å². The summed E-state index contributed by atoms with van der Waals surface area (Å²) in [5.41, 5.74) is 2.32. The average molecular weight is 666 g/mol. The highest BCUT2D eigenvalue weighted by Crippen LogP contribution is 2.52. The molecular weight excluding hydrogens is 635 g/mol. The van der Waals surface area contributed by atoms with Crippen molar-refractivity contribution >= 4 is 22.7 Å². The van der Waals surface area contributed by atoms with E-state index in [1.165, 1.54) is 32.2 Å². The van der Waals surface area contributed by atoms with Crippen LogP contribution in [0.5, 0.6) is 23.0 Å². The van der Waals surface area contributed by atoms with E-state index in [0.717, 1.165) is 12.8 Å². The summed E-state index contributed by atoms with van der Waals surface area (Å²) in [6.07, 6.45) is 1.02. The first kappa shape index (κ1) is 30.3. The molecule has 1 unspecified atom stereocenters. The lowest BCUT2D eigenvalue weighted by molar-refractivity contribution is -0.286. The zero-order chi connectivity index (χ0) is 33.7. The Morgan fingerprint density at radius 3 is 2.60 bits per heavy atom. The maximum Gasteiger partial charge on any atom is 0.586 e. The minimum Gasteiger partial charge on any atom is -0.494 e. The fourth-order valence-corrected chi connectivity index (χ4v) is 6.48. The van der Waals surface area contributed by atoms with Crippen LogP contribution in [-0.4, -0.2) is 58.2 Å². The van der Waals surface area contributed by atoms with E-state index in [9.17, 15) is 23.5 Å². The molecule has 12 nitrogen and oxygen atoms in total. The van der Waals surface area contributed by atoms with E-state index in [1.807, 2.05) is 10.9 Å². The molecule has 2 aliphatic heterocycles. The molecule has 0 saturated heterocycles. The Labute approximate surface area is 270 Å². The van der Waals surface area contributed by atoms with E-state index in [0.29, 0.717) is 35.5 Å². The molecular formula is C33H30F3N5O7. The first-order valence-electron chi connectivity index (χ1n) is 15.5. The quantitative estimate of drug-likeness (QED) is 0.240. The van der Waals surface area contributed by atoms with Crippen molar-refractivity contribution in [1.82, 2.24) is 20.1 Å². The third kappa shape index (κ3) is 4.70. The van der Waals surface area contributed by atoms with Gasteiger partial charge in [0.2, 0.25) is 5.91 Å². The second-order valence-corrected chi connectivity index (χ2v) is 13.0. The van der Waals surface area contributed by atoms with Crippen LogP contribution in [0.2, 0.25) is 0 Å². The second-order valence-electron chi connectivity index (χ2n) is 13.0. The number of aliphatic hydroxyl groups is 1. The largest absolute Gasteiger partial charge is 0.586 e. The van der Waals surface area contributed by atoms with Crippen LogP contribution >= 0.6 is 0 Å². The summed E-state index contributed by atoms with van der Waals surface area (Å²) in [4.78, 5) is 30.7. The molecule has 2 amide bonds. The molecule has 4 heterocycles. The first-order chi connectivity index (χ1) is 22.8. The maximum atomic E-state index is 16.7. The number of nitrogens with zero attached hydrogens (tertiary/aromatic N) is 3. The Hall–Kier alpha value is -5.05. The molecule has 2 aromatic heterocycles. The van der Waals surface area contributed by atoms with Crippen molar-refractivity contribution in [2.75, 3.05) is 20.3 Å². The molecule has 2 saturated carbocycles. The van der Waals surface area contributed by atoms with Crippen molar-refractivity contribution < 1.29 is 46.8 Å². The van der Waals surface area contributed by atoms with Crippen LogP contribution in [0.3, 0.4) is 0 Å². The summed E-state index contributed by atoms with van der Waals surface area (Å²) < 4.78 is 66.6. The van der Waals surface area contributed by atoms with E-state index < -0.39 is 53.1 Å². The normalized spacial score (nSPS) is 21.8. The molecule has 2 fully saturated rings. The SMILES string of the molecule is COc1cc(C(=O)NCC(O)(c2nc(-c3ccc4c(c3)OC(F)(F)O4)c3c(c2F)[C@](C)(C(N)=O)CO3)C2CC2)cc2cn(C3CC3)nc12. The molecule has 8 rings (SSSR count). The van der Waals surface area contributed by atoms with E-state index >= 15 is 4.39 Å². The zero-order valence-electron chi connectivity index (χ0n) is 25.8. The summed E-state index contributed by atoms with van der Waals surface area (Å²) in [5.74, 6) is -3.21. The summed E-state index contributed by atoms with van der Waals surface area (Å²) in [6, 6.07) is 7.37. The number of methoxy groups -OCH3 is 1. The highest BCUT2D eigenvalue weighted by atomic mass is 19.3. The van der Waals surface area contributed by atoms with Crippen LogP contribution in [0.15, 0.2) is 36.5 Å². The summed E-state index contributed by atoms with van der Waals surface area (Å²) in [7, 11) is 1.48. The Bertz CT molecular complexity index is 2050. The monoisotopic (exact) mass is 665 g/mol. The summed E-state index contributed by atoms with van der Waals surface area (Å²) >= 11 is 0. The van der Waals surface area contributed by atoms with Gasteiger partial charge in [-0.3, -0.25) is 14.3 Å². The predicted molar refractivity (Wildman–Crippen MR) is 161 cm³/mol. The fourth-order valence-electron chi connectivity index (χ4n) is 6.48. The van der Waals surface area contributed by atoms with Crippen molar-refractivity contribution in [2.45, 2.75) is 56.0 Å². The number of primary amides is 1. The van der Waals surface area contributed by atoms with Gasteiger partial charge in [-0.15, -0.1) is 8.78 Å². The van der Waals surface area contributed by atoms with Gasteiger partial charge in [-0.1, -0.05) is 0 Å². The van der Waals surface area contributed by atoms with Crippen LogP contribution < -0.4 is 30.0 Å². The van der Waals surface area contributed by atoms with Crippen molar-refractivity contribution in [1.29, 1.82) is 0 Å². The summed E-state index contributed by atoms with van der Waals surface area (Å²) in [6.45, 7) is 0.641. The number of hydrogen-bond donors (Lipinski definition) is 3. The number of nitrogens with two attached hydrogens (primary N) is 1. The fraction of sp³-hybridized carbons (Fsp3) is 0.394. The lowest BCUT2D eigenvalue weighted by Gasteiger charge is -2.30. The van der Waals surface area contributed by atoms with Gasteiger partial charge in [0.05, 0.1) is 25.3 Å². The van der Waals surface area contributed by atoms with Gasteiger partial charge in [0.15, 0.2) is 23.1 Å². The Morgan fingerprint density at radius 2 is 1.92 bits per heavy atom. The first-order valence-corrected chi connectivity index (χ1v) is 15.5. The molecule has 4 N–H and O–H groups in total. The molecule has 48 heavy (non-hydrogen) atoms. The number of hydrogen-bond acceptors (Lipinski definition) is 9. The number of ether oxygens (including phenoxy) is 4. The minimum absolute atomic E-state index is 0.0405. The molecule has 15 heteroatoms. The number of carbonyl (C=O) groups excluding carboxylic acids is 2. The number of alkyl halides is 2. The number of fused-ring (bicyclic) bond motifs is 3. The third-order valence-corrected chi connectivity index (χ3v) is 9.54. The van der Waals surface area contributed by atoms with Gasteiger partial charge in [-0.05, 0) is 68.9 Å². The molecule has 250 valence electrons. The van der Waals surface area contributed by atoms with E-state index in [-0.39, 0.29) is 46.2 Å². The van der Waals surface area contributed by atoms with E-state index in [4.69, 9.17) is 15.2 Å². The number of nitrogens with one attached hydrogen (secondary N) is 1. The van der Waals surface area contributed by atoms with Crippen LogP contribution in [0, 0.1) is 11.7 Å². The predicted octanol–water partition coefficient (Wildman–Crippen LogP) is 4.07. The molecule has 4 aromatic rings. The topological polar surface area (TPSA) is 160 Å². The minimum atomic E-state index is -3.89. The van der Waals surface area contributed by atoms with Gasteiger partial charge < -0.3 is 35.1 Å². The standard InChI is InChI=1S/C33H30F3N5O7/c1-31(30(37)43)14-46-27-23(31)24(34)28(39-26(27)15-3-8-20-21(10-15)48-33(35,36)47-20)32(44,18-4-5-18)13-38-29(42)16-9-17-12-41(19-6-7-19)40-25(17)22(11-16)45-2/h3,8-12,18-19,44H,4-7,13-14H2,1-2H3,(H2,37,43)(H,38,42)/t31-,32?/m1/s1. The van der Waals surface area contributed by atoms with Crippen molar-refractivity contribution in [3.63, 3.8) is 0 Å². The van der Waals surface area contributed by atoms with E-state index in [2.05, 4.69) is 24.9 Å². The number of aromatic nitrogens is 3. The second kappa shape index (κ2) is 10.2. The maximum absolute atomic E-state index is 16.7. The average Bonchev–Trinajstić information content (AvgIpc) is 3.98. The van der Waals surface area contributed by atoms with Gasteiger partial charge in [0.1, 0.15) is 40.3 Å². The van der Waals surface area contributed by atoms with Crippen molar-refractivity contribution in [2.24, 2.45) is 11.7 Å². The number of amides is 2. The Kier molecular flexibility index (Phi) is 6.45. The van der Waals surface area contributed by atoms with Gasteiger partial charge in [-0.2, -0.15) is 5.10 Å². The zero-order valence-corrected chi connectivity index (χ0v) is 25.8. The number of rotatable bonds is 9. The molecule has 0 spiro atoms. The third-order valence-electron chi connectivity index (χ3n) is 9.54. The highest BCUT2D eigenvalue weighted by molar-refractivity contribution is 6.00. The Morgan fingerprint density at radius 1 is 1.17 bits per heavy atom. The number of benzene rings is 2. The molecule has 2 aliphatic carbocycles. The van der Waals surface area contributed by atoms with Crippen LogP contribution in [0.4, 0.5) is 13.2 Å². The lowest BCUT2D eigenvalue weighted by atomic mass is 9.80. The molecule has 2 atom stereocenters. The van der Waals surface area contributed by atoms with Gasteiger partial charge in [0.25, 0.3) is 5.91 Å². The van der Waals surface area contributed by atoms with E-state index in [1.54, 1.807) is 12.1 Å². The smallest absolute Gasteiger partial charge is 0.494 e. The van der Waals surface area contributed by atoms with Crippen LogP contribution in [0.1, 0.15) is 60.3 Å². The highest BCUT2D eigenvalue weighted by Gasteiger charge is 2.53. The molecule has 4 aliphatic rings.